The first-order valence-corrected chi connectivity index (χ1v) is 9.58. The average Bonchev–Trinajstić information content (AvgIpc) is 3.10. The Morgan fingerprint density at radius 3 is 2.59 bits per heavy atom. The van der Waals surface area contributed by atoms with E-state index in [9.17, 15) is 14.7 Å². The van der Waals surface area contributed by atoms with E-state index in [1.807, 2.05) is 13.0 Å². The molecule has 29 heavy (non-hydrogen) atoms. The molecule has 0 fully saturated rings. The highest BCUT2D eigenvalue weighted by Crippen LogP contribution is 2.30. The summed E-state index contributed by atoms with van der Waals surface area (Å²) < 4.78 is 8.53. The van der Waals surface area contributed by atoms with E-state index in [1.165, 1.54) is 6.07 Å². The van der Waals surface area contributed by atoms with Gasteiger partial charge in [0.25, 0.3) is 0 Å². The third-order valence-electron chi connectivity index (χ3n) is 4.43. The molecule has 0 aliphatic rings. The van der Waals surface area contributed by atoms with Crippen LogP contribution >= 0.6 is 23.2 Å². The molecule has 2 heterocycles. The van der Waals surface area contributed by atoms with Crippen molar-refractivity contribution in [3.63, 3.8) is 0 Å². The highest BCUT2D eigenvalue weighted by molar-refractivity contribution is 6.42. The van der Waals surface area contributed by atoms with E-state index < -0.39 is 11.4 Å². The summed E-state index contributed by atoms with van der Waals surface area (Å²) >= 11 is 12.1. The lowest BCUT2D eigenvalue weighted by atomic mass is 10.0. The van der Waals surface area contributed by atoms with Crippen LogP contribution in [0.15, 0.2) is 41.3 Å². The standard InChI is InChI=1S/C20H19Cl2N3O4/c1-3-25-14(10-24-7-6-13(23-24)11-29-2)9-17(26)18(20(27)28)19(25)12-4-5-15(21)16(22)8-12/h4-9H,3,10-11H2,1-2H3,(H,27,28). The van der Waals surface area contributed by atoms with Gasteiger partial charge >= 0.3 is 5.97 Å². The maximum atomic E-state index is 12.7. The van der Waals surface area contributed by atoms with Crippen LogP contribution in [0.25, 0.3) is 11.3 Å². The fraction of sp³-hybridized carbons (Fsp3) is 0.250. The fourth-order valence-corrected chi connectivity index (χ4v) is 3.52. The predicted molar refractivity (Wildman–Crippen MR) is 111 cm³/mol. The topological polar surface area (TPSA) is 86.4 Å². The van der Waals surface area contributed by atoms with Crippen LogP contribution in [0.3, 0.4) is 0 Å². The Labute approximate surface area is 177 Å². The van der Waals surface area contributed by atoms with Crippen LogP contribution in [0.1, 0.15) is 28.7 Å². The zero-order chi connectivity index (χ0) is 21.1. The Morgan fingerprint density at radius 1 is 1.21 bits per heavy atom. The molecule has 3 aromatic rings. The Morgan fingerprint density at radius 2 is 1.97 bits per heavy atom. The quantitative estimate of drug-likeness (QED) is 0.607. The number of aromatic nitrogens is 3. The summed E-state index contributed by atoms with van der Waals surface area (Å²) in [6.45, 7) is 2.98. The summed E-state index contributed by atoms with van der Waals surface area (Å²) in [5, 5.41) is 14.7. The summed E-state index contributed by atoms with van der Waals surface area (Å²) in [5.74, 6) is -1.30. The van der Waals surface area contributed by atoms with Gasteiger partial charge in [-0.15, -0.1) is 0 Å². The Hall–Kier alpha value is -2.61. The van der Waals surface area contributed by atoms with Gasteiger partial charge in [0, 0.05) is 37.2 Å². The van der Waals surface area contributed by atoms with Crippen molar-refractivity contribution in [3.05, 3.63) is 73.7 Å². The number of carboxylic acids is 1. The smallest absolute Gasteiger partial charge is 0.341 e. The maximum Gasteiger partial charge on any atom is 0.341 e. The van der Waals surface area contributed by atoms with E-state index in [2.05, 4.69) is 5.10 Å². The number of nitrogens with zero attached hydrogens (tertiary/aromatic N) is 3. The molecule has 1 aromatic carbocycles. The number of aromatic carboxylic acids is 1. The molecule has 0 saturated carbocycles. The Balaban J connectivity index is 2.20. The summed E-state index contributed by atoms with van der Waals surface area (Å²) in [4.78, 5) is 24.6. The van der Waals surface area contributed by atoms with Crippen LogP contribution in [0.5, 0.6) is 0 Å². The number of methoxy groups -OCH3 is 1. The number of hydrogen-bond donors (Lipinski definition) is 1. The van der Waals surface area contributed by atoms with Crippen LogP contribution < -0.4 is 5.43 Å². The van der Waals surface area contributed by atoms with E-state index in [0.717, 1.165) is 5.69 Å². The molecule has 0 aliphatic heterocycles. The maximum absolute atomic E-state index is 12.7. The summed E-state index contributed by atoms with van der Waals surface area (Å²) in [7, 11) is 1.59. The molecular formula is C20H19Cl2N3O4. The normalized spacial score (nSPS) is 11.0. The Bertz CT molecular complexity index is 1120. The van der Waals surface area contributed by atoms with E-state index in [0.29, 0.717) is 36.0 Å². The third-order valence-corrected chi connectivity index (χ3v) is 5.17. The van der Waals surface area contributed by atoms with E-state index in [-0.39, 0.29) is 16.3 Å². The first kappa shape index (κ1) is 21.1. The van der Waals surface area contributed by atoms with Gasteiger partial charge in [-0.2, -0.15) is 5.10 Å². The molecule has 0 aliphatic carbocycles. The fourth-order valence-electron chi connectivity index (χ4n) is 3.22. The molecule has 3 rings (SSSR count). The van der Waals surface area contributed by atoms with Gasteiger partial charge in [-0.1, -0.05) is 29.3 Å². The molecule has 9 heteroatoms. The van der Waals surface area contributed by atoms with Crippen molar-refractivity contribution in [2.45, 2.75) is 26.6 Å². The van der Waals surface area contributed by atoms with Crippen molar-refractivity contribution >= 4 is 29.2 Å². The van der Waals surface area contributed by atoms with Gasteiger partial charge in [-0.25, -0.2) is 4.79 Å². The number of benzene rings is 1. The number of carboxylic acid groups (broad SMARTS) is 1. The predicted octanol–water partition coefficient (Wildman–Crippen LogP) is 3.93. The lowest BCUT2D eigenvalue weighted by molar-refractivity contribution is 0.0695. The molecule has 2 aromatic heterocycles. The molecule has 0 bridgehead atoms. The lowest BCUT2D eigenvalue weighted by Gasteiger charge is -2.20. The molecule has 0 amide bonds. The highest BCUT2D eigenvalue weighted by Gasteiger charge is 2.22. The number of ether oxygens (including phenoxy) is 1. The van der Waals surface area contributed by atoms with Crippen molar-refractivity contribution < 1.29 is 14.6 Å². The second-order valence-electron chi connectivity index (χ2n) is 6.34. The molecule has 0 spiro atoms. The van der Waals surface area contributed by atoms with Crippen molar-refractivity contribution in [1.82, 2.24) is 14.3 Å². The van der Waals surface area contributed by atoms with Gasteiger partial charge in [0.2, 0.25) is 0 Å². The molecular weight excluding hydrogens is 417 g/mol. The van der Waals surface area contributed by atoms with Crippen molar-refractivity contribution in [2.75, 3.05) is 7.11 Å². The minimum Gasteiger partial charge on any atom is -0.477 e. The van der Waals surface area contributed by atoms with E-state index in [1.54, 1.807) is 40.8 Å². The van der Waals surface area contributed by atoms with E-state index >= 15 is 0 Å². The van der Waals surface area contributed by atoms with Crippen LogP contribution in [-0.2, 0) is 24.4 Å². The molecule has 0 saturated heterocycles. The average molecular weight is 436 g/mol. The van der Waals surface area contributed by atoms with Gasteiger partial charge in [0.05, 0.1) is 34.6 Å². The Kier molecular flexibility index (Phi) is 6.42. The van der Waals surface area contributed by atoms with Crippen molar-refractivity contribution in [3.8, 4) is 11.3 Å². The number of hydrogen-bond acceptors (Lipinski definition) is 4. The highest BCUT2D eigenvalue weighted by atomic mass is 35.5. The molecule has 7 nitrogen and oxygen atoms in total. The van der Waals surface area contributed by atoms with Crippen LogP contribution in [0.4, 0.5) is 0 Å². The number of rotatable bonds is 7. The molecule has 0 unspecified atom stereocenters. The molecule has 152 valence electrons. The number of pyridine rings is 1. The largest absolute Gasteiger partial charge is 0.477 e. The minimum atomic E-state index is -1.30. The van der Waals surface area contributed by atoms with Gasteiger partial charge < -0.3 is 14.4 Å². The zero-order valence-electron chi connectivity index (χ0n) is 15.9. The van der Waals surface area contributed by atoms with Crippen molar-refractivity contribution in [1.29, 1.82) is 0 Å². The first-order valence-electron chi connectivity index (χ1n) is 8.82. The van der Waals surface area contributed by atoms with Gasteiger partial charge in [-0.3, -0.25) is 9.48 Å². The lowest BCUT2D eigenvalue weighted by Crippen LogP contribution is -2.24. The van der Waals surface area contributed by atoms with E-state index in [4.69, 9.17) is 27.9 Å². The SMILES string of the molecule is CCn1c(Cn2ccc(COC)n2)cc(=O)c(C(=O)O)c1-c1ccc(Cl)c(Cl)c1. The van der Waals surface area contributed by atoms with Crippen molar-refractivity contribution in [2.24, 2.45) is 0 Å². The molecule has 1 N–H and O–H groups in total. The summed E-state index contributed by atoms with van der Waals surface area (Å²) in [6.07, 6.45) is 1.78. The summed E-state index contributed by atoms with van der Waals surface area (Å²) in [6, 6.07) is 7.95. The second kappa shape index (κ2) is 8.82. The zero-order valence-corrected chi connectivity index (χ0v) is 17.4. The first-order chi connectivity index (χ1) is 13.8. The molecule has 0 atom stereocenters. The monoisotopic (exact) mass is 435 g/mol. The third kappa shape index (κ3) is 4.37. The summed E-state index contributed by atoms with van der Waals surface area (Å²) in [5.41, 5.74) is 1.26. The second-order valence-corrected chi connectivity index (χ2v) is 7.15. The van der Waals surface area contributed by atoms with Gasteiger partial charge in [-0.05, 0) is 25.1 Å². The number of carbonyl (C=O) groups is 1. The van der Waals surface area contributed by atoms with Crippen LogP contribution in [-0.4, -0.2) is 32.5 Å². The van der Waals surface area contributed by atoms with Gasteiger partial charge in [0.15, 0.2) is 5.43 Å². The van der Waals surface area contributed by atoms with Crippen LogP contribution in [0.2, 0.25) is 10.0 Å². The molecule has 0 radical (unpaired) electrons. The number of halogens is 2. The van der Waals surface area contributed by atoms with Gasteiger partial charge in [0.1, 0.15) is 5.56 Å². The minimum absolute atomic E-state index is 0.275. The van der Waals surface area contributed by atoms with Crippen LogP contribution in [0, 0.1) is 0 Å².